The summed E-state index contributed by atoms with van der Waals surface area (Å²) >= 11 is 0. The molecule has 3 aromatic rings. The summed E-state index contributed by atoms with van der Waals surface area (Å²) in [6.45, 7) is 6.25. The van der Waals surface area contributed by atoms with Crippen LogP contribution in [0.25, 0.3) is 11.5 Å². The number of aromatic nitrogens is 1. The van der Waals surface area contributed by atoms with Crippen molar-refractivity contribution in [3.63, 3.8) is 0 Å². The second-order valence-corrected chi connectivity index (χ2v) is 9.38. The lowest BCUT2D eigenvalue weighted by molar-refractivity contribution is -0.127. The average Bonchev–Trinajstić information content (AvgIpc) is 3.49. The summed E-state index contributed by atoms with van der Waals surface area (Å²) in [5.74, 6) is 0.396. The van der Waals surface area contributed by atoms with Crippen LogP contribution < -0.4 is 10.2 Å². The van der Waals surface area contributed by atoms with E-state index in [9.17, 15) is 9.59 Å². The van der Waals surface area contributed by atoms with Gasteiger partial charge in [-0.1, -0.05) is 18.9 Å². The van der Waals surface area contributed by atoms with Gasteiger partial charge in [0, 0.05) is 11.7 Å². The van der Waals surface area contributed by atoms with Crippen LogP contribution in [0.15, 0.2) is 53.1 Å². The summed E-state index contributed by atoms with van der Waals surface area (Å²) in [4.78, 5) is 29.3. The average molecular weight is 432 g/mol. The summed E-state index contributed by atoms with van der Waals surface area (Å²) in [6.07, 6.45) is 5.86. The lowest BCUT2D eigenvalue weighted by Gasteiger charge is -2.44. The summed E-state index contributed by atoms with van der Waals surface area (Å²) in [5.41, 5.74) is 3.16. The fourth-order valence-electron chi connectivity index (χ4n) is 5.25. The highest BCUT2D eigenvalue weighted by Crippen LogP contribution is 2.37. The number of nitrogens with zero attached hydrogens (tertiary/aromatic N) is 2. The number of furan rings is 1. The van der Waals surface area contributed by atoms with E-state index < -0.39 is 5.54 Å². The third kappa shape index (κ3) is 3.34. The number of hydrogen-bond donors (Lipinski definition) is 1. The molecule has 1 aliphatic heterocycles. The van der Waals surface area contributed by atoms with E-state index >= 15 is 0 Å². The Balaban J connectivity index is 1.63. The van der Waals surface area contributed by atoms with Gasteiger partial charge < -0.3 is 14.3 Å². The van der Waals surface area contributed by atoms with Gasteiger partial charge in [0.15, 0.2) is 0 Å². The summed E-state index contributed by atoms with van der Waals surface area (Å²) in [5, 5.41) is 3.25. The van der Waals surface area contributed by atoms with E-state index in [1.807, 2.05) is 61.7 Å². The highest BCUT2D eigenvalue weighted by Gasteiger charge is 2.49. The molecule has 32 heavy (non-hydrogen) atoms. The van der Waals surface area contributed by atoms with Crippen molar-refractivity contribution < 1.29 is 14.0 Å². The van der Waals surface area contributed by atoms with E-state index in [-0.39, 0.29) is 17.9 Å². The molecule has 2 aromatic heterocycles. The number of nitrogens with one attached hydrogen (secondary N) is 1. The topological polar surface area (TPSA) is 67.5 Å². The second-order valence-electron chi connectivity index (χ2n) is 9.38. The SMILES string of the molecule is Cc1cc(C)cc(N2C(=O)c3ccc(-c4ccco4)n3C[C@]2(C)C(=O)NC2CCCC2)c1. The maximum absolute atomic E-state index is 13.9. The molecule has 0 unspecified atom stereocenters. The first-order chi connectivity index (χ1) is 15.4. The van der Waals surface area contributed by atoms with Crippen molar-refractivity contribution in [1.82, 2.24) is 9.88 Å². The lowest BCUT2D eigenvalue weighted by atomic mass is 9.92. The molecule has 0 bridgehead atoms. The predicted molar refractivity (Wildman–Crippen MR) is 124 cm³/mol. The summed E-state index contributed by atoms with van der Waals surface area (Å²) in [6, 6.07) is 13.6. The van der Waals surface area contributed by atoms with Crippen molar-refractivity contribution in [3.8, 4) is 11.5 Å². The van der Waals surface area contributed by atoms with Gasteiger partial charge in [-0.15, -0.1) is 0 Å². The summed E-state index contributed by atoms with van der Waals surface area (Å²) in [7, 11) is 0. The molecule has 1 aliphatic carbocycles. The Labute approximate surface area is 188 Å². The molecule has 1 N–H and O–H groups in total. The van der Waals surface area contributed by atoms with Gasteiger partial charge in [-0.25, -0.2) is 0 Å². The van der Waals surface area contributed by atoms with E-state index in [2.05, 4.69) is 11.4 Å². The number of amides is 2. The number of hydrogen-bond acceptors (Lipinski definition) is 3. The Kier molecular flexibility index (Phi) is 4.96. The lowest BCUT2D eigenvalue weighted by Crippen LogP contribution is -2.65. The number of carbonyl (C=O) groups is 2. The zero-order chi connectivity index (χ0) is 22.5. The van der Waals surface area contributed by atoms with E-state index in [0.717, 1.165) is 48.2 Å². The van der Waals surface area contributed by atoms with Crippen LogP contribution in [-0.2, 0) is 11.3 Å². The van der Waals surface area contributed by atoms with Crippen LogP contribution in [0.2, 0.25) is 0 Å². The quantitative estimate of drug-likeness (QED) is 0.643. The minimum Gasteiger partial charge on any atom is -0.463 e. The molecule has 5 rings (SSSR count). The highest BCUT2D eigenvalue weighted by atomic mass is 16.3. The van der Waals surface area contributed by atoms with Crippen LogP contribution in [0.5, 0.6) is 0 Å². The maximum Gasteiger partial charge on any atom is 0.275 e. The van der Waals surface area contributed by atoms with Gasteiger partial charge in [-0.3, -0.25) is 14.5 Å². The molecule has 2 amide bonds. The zero-order valence-corrected chi connectivity index (χ0v) is 18.9. The molecular weight excluding hydrogens is 402 g/mol. The fraction of sp³-hybridized carbons (Fsp3) is 0.385. The highest BCUT2D eigenvalue weighted by molar-refractivity contribution is 6.12. The maximum atomic E-state index is 13.9. The van der Waals surface area contributed by atoms with Crippen molar-refractivity contribution in [2.75, 3.05) is 4.90 Å². The number of fused-ring (bicyclic) bond motifs is 1. The number of aryl methyl sites for hydroxylation is 2. The van der Waals surface area contributed by atoms with Crippen LogP contribution in [0.4, 0.5) is 5.69 Å². The van der Waals surface area contributed by atoms with Crippen molar-refractivity contribution in [3.05, 3.63) is 65.5 Å². The molecule has 1 saturated carbocycles. The third-order valence-corrected chi connectivity index (χ3v) is 6.78. The molecule has 0 spiro atoms. The molecule has 6 heteroatoms. The monoisotopic (exact) mass is 431 g/mol. The predicted octanol–water partition coefficient (Wildman–Crippen LogP) is 4.84. The molecule has 1 atom stereocenters. The van der Waals surface area contributed by atoms with Crippen LogP contribution in [0.3, 0.4) is 0 Å². The van der Waals surface area contributed by atoms with Gasteiger partial charge in [0.1, 0.15) is 17.0 Å². The number of carbonyl (C=O) groups excluding carboxylic acids is 2. The van der Waals surface area contributed by atoms with Crippen LogP contribution >= 0.6 is 0 Å². The van der Waals surface area contributed by atoms with Gasteiger partial charge in [-0.2, -0.15) is 0 Å². The summed E-state index contributed by atoms with van der Waals surface area (Å²) < 4.78 is 7.54. The van der Waals surface area contributed by atoms with Crippen molar-refractivity contribution >= 4 is 17.5 Å². The second kappa shape index (κ2) is 7.69. The number of anilines is 1. The Hall–Kier alpha value is -3.28. The molecule has 0 saturated heterocycles. The van der Waals surface area contributed by atoms with Crippen molar-refractivity contribution in [2.24, 2.45) is 0 Å². The van der Waals surface area contributed by atoms with Crippen LogP contribution in [0, 0.1) is 13.8 Å². The third-order valence-electron chi connectivity index (χ3n) is 6.78. The number of rotatable bonds is 4. The van der Waals surface area contributed by atoms with Crippen molar-refractivity contribution in [2.45, 2.75) is 64.6 Å². The minimum atomic E-state index is -1.08. The normalized spacial score (nSPS) is 21.1. The zero-order valence-electron chi connectivity index (χ0n) is 18.9. The van der Waals surface area contributed by atoms with Gasteiger partial charge in [0.05, 0.1) is 18.5 Å². The Morgan fingerprint density at radius 2 is 1.75 bits per heavy atom. The standard InChI is InChI=1S/C26H29N3O3/c1-17-13-18(2)15-20(14-17)29-24(30)22-11-10-21(23-9-6-12-32-23)28(22)16-26(29,3)25(31)27-19-7-4-5-8-19/h6,9-15,19H,4-5,7-8,16H2,1-3H3,(H,27,31)/t26-/m1/s1. The first-order valence-corrected chi connectivity index (χ1v) is 11.3. The van der Waals surface area contributed by atoms with E-state index in [4.69, 9.17) is 4.42 Å². The largest absolute Gasteiger partial charge is 0.463 e. The van der Waals surface area contributed by atoms with E-state index in [1.165, 1.54) is 0 Å². The first-order valence-electron chi connectivity index (χ1n) is 11.3. The minimum absolute atomic E-state index is 0.110. The molecule has 2 aliphatic rings. The molecule has 6 nitrogen and oxygen atoms in total. The molecule has 1 fully saturated rings. The first kappa shape index (κ1) is 20.6. The molecule has 0 radical (unpaired) electrons. The number of benzene rings is 1. The van der Waals surface area contributed by atoms with Crippen LogP contribution in [-0.4, -0.2) is 28.0 Å². The Morgan fingerprint density at radius 3 is 2.41 bits per heavy atom. The van der Waals surface area contributed by atoms with Gasteiger partial charge >= 0.3 is 0 Å². The van der Waals surface area contributed by atoms with Crippen LogP contribution in [0.1, 0.15) is 54.2 Å². The van der Waals surface area contributed by atoms with E-state index in [1.54, 1.807) is 11.2 Å². The van der Waals surface area contributed by atoms with E-state index in [0.29, 0.717) is 18.0 Å². The molecule has 166 valence electrons. The Bertz CT molecular complexity index is 1150. The Morgan fingerprint density at radius 1 is 1.06 bits per heavy atom. The smallest absolute Gasteiger partial charge is 0.275 e. The van der Waals surface area contributed by atoms with Gasteiger partial charge in [0.2, 0.25) is 5.91 Å². The molecule has 3 heterocycles. The van der Waals surface area contributed by atoms with Gasteiger partial charge in [0.25, 0.3) is 5.91 Å². The van der Waals surface area contributed by atoms with Crippen molar-refractivity contribution in [1.29, 1.82) is 0 Å². The van der Waals surface area contributed by atoms with Gasteiger partial charge in [-0.05, 0) is 81.1 Å². The molecular formula is C26H29N3O3. The molecule has 1 aromatic carbocycles. The fourth-order valence-corrected chi connectivity index (χ4v) is 5.25.